The number of hydrogen-bond acceptors (Lipinski definition) is 2. The van der Waals surface area contributed by atoms with Gasteiger partial charge >= 0.3 is 0 Å². The Balaban J connectivity index is 0.000000838. The van der Waals surface area contributed by atoms with E-state index in [1.165, 1.54) is 41.0 Å². The third kappa shape index (κ3) is 8.25. The number of rotatable bonds is 4. The van der Waals surface area contributed by atoms with Crippen LogP contribution in [-0.2, 0) is 9.84 Å². The summed E-state index contributed by atoms with van der Waals surface area (Å²) in [7, 11) is -3.11. The van der Waals surface area contributed by atoms with Crippen LogP contribution >= 0.6 is 0 Å². The van der Waals surface area contributed by atoms with Crippen LogP contribution in [0.3, 0.4) is 0 Å². The summed E-state index contributed by atoms with van der Waals surface area (Å²) in [6.45, 7) is 11.9. The van der Waals surface area contributed by atoms with E-state index < -0.39 is 9.84 Å². The van der Waals surface area contributed by atoms with Gasteiger partial charge in [-0.2, -0.15) is 0 Å². The maximum absolute atomic E-state index is 11.5. The number of benzene rings is 1. The van der Waals surface area contributed by atoms with Crippen molar-refractivity contribution in [3.63, 3.8) is 0 Å². The van der Waals surface area contributed by atoms with Gasteiger partial charge < -0.3 is 0 Å². The largest absolute Gasteiger partial charge is 0.247 e. The summed E-state index contributed by atoms with van der Waals surface area (Å²) in [5.74, 6) is 0. The van der Waals surface area contributed by atoms with Gasteiger partial charge in [0, 0.05) is 6.26 Å². The number of halogens is 1. The Bertz CT molecular complexity index is 763. The zero-order chi connectivity index (χ0) is 21.0. The third-order valence-corrected chi connectivity index (χ3v) is 5.50. The van der Waals surface area contributed by atoms with E-state index in [1.807, 2.05) is 26.0 Å². The molecule has 0 N–H and O–H groups in total. The van der Waals surface area contributed by atoms with Crippen LogP contribution in [0.5, 0.6) is 0 Å². The lowest BCUT2D eigenvalue weighted by atomic mass is 9.96. The van der Waals surface area contributed by atoms with E-state index in [4.69, 9.17) is 0 Å². The van der Waals surface area contributed by atoms with Crippen LogP contribution in [0.2, 0.25) is 0 Å². The van der Waals surface area contributed by atoms with Gasteiger partial charge in [0.1, 0.15) is 6.67 Å². The van der Waals surface area contributed by atoms with Gasteiger partial charge in [0.25, 0.3) is 0 Å². The fourth-order valence-corrected chi connectivity index (χ4v) is 3.40. The normalized spacial score (nSPS) is 13.6. The van der Waals surface area contributed by atoms with E-state index in [9.17, 15) is 12.8 Å². The molecule has 0 unspecified atom stereocenters. The number of sulfone groups is 1. The molecule has 0 radical (unpaired) electrons. The second-order valence-electron chi connectivity index (χ2n) is 6.46. The van der Waals surface area contributed by atoms with Gasteiger partial charge in [-0.1, -0.05) is 43.7 Å². The van der Waals surface area contributed by atoms with Gasteiger partial charge in [-0.05, 0) is 81.4 Å². The predicted molar refractivity (Wildman–Crippen MR) is 117 cm³/mol. The highest BCUT2D eigenvalue weighted by Crippen LogP contribution is 2.38. The molecule has 2 rings (SSSR count). The lowest BCUT2D eigenvalue weighted by Gasteiger charge is -2.11. The standard InChI is InChI=1S/C17H22O2S.C4H7F.C2H6/c1-12(2)13(3)16-6-5-7-17(16)14-8-10-15(11-9-14)20(4,18)19;1-2-3-4-5;1-2/h8-11H,5-7H2,1-4H3;2-3H,4H2,1H3;1-2H3/b;3-2-;. The fourth-order valence-electron chi connectivity index (χ4n) is 2.77. The van der Waals surface area contributed by atoms with Crippen molar-refractivity contribution >= 4 is 15.4 Å². The average molecular weight is 395 g/mol. The van der Waals surface area contributed by atoms with Crippen molar-refractivity contribution in [2.75, 3.05) is 12.9 Å². The van der Waals surface area contributed by atoms with E-state index in [0.717, 1.165) is 18.4 Å². The molecule has 0 amide bonds. The maximum Gasteiger partial charge on any atom is 0.175 e. The summed E-state index contributed by atoms with van der Waals surface area (Å²) in [5, 5.41) is 0. The molecule has 0 heterocycles. The van der Waals surface area contributed by atoms with Crippen molar-refractivity contribution in [3.05, 3.63) is 58.7 Å². The predicted octanol–water partition coefficient (Wildman–Crippen LogP) is 6.94. The van der Waals surface area contributed by atoms with E-state index in [-0.39, 0.29) is 6.67 Å². The molecular formula is C23H35FO2S. The molecule has 1 aromatic carbocycles. The van der Waals surface area contributed by atoms with Gasteiger partial charge in [0.05, 0.1) is 4.90 Å². The molecule has 0 bridgehead atoms. The lowest BCUT2D eigenvalue weighted by Crippen LogP contribution is -1.97. The number of hydrogen-bond donors (Lipinski definition) is 0. The van der Waals surface area contributed by atoms with Crippen LogP contribution in [0.1, 0.15) is 66.4 Å². The molecule has 2 nitrogen and oxygen atoms in total. The highest BCUT2D eigenvalue weighted by Gasteiger charge is 2.18. The summed E-state index contributed by atoms with van der Waals surface area (Å²) in [6.07, 6.45) is 7.77. The van der Waals surface area contributed by atoms with Crippen LogP contribution in [-0.4, -0.2) is 21.3 Å². The zero-order valence-corrected chi connectivity index (χ0v) is 18.7. The molecule has 0 saturated carbocycles. The van der Waals surface area contributed by atoms with Crippen molar-refractivity contribution in [2.45, 2.75) is 65.7 Å². The van der Waals surface area contributed by atoms with Crippen molar-refractivity contribution in [1.29, 1.82) is 0 Å². The van der Waals surface area contributed by atoms with Crippen molar-refractivity contribution in [2.24, 2.45) is 0 Å². The molecule has 1 aromatic rings. The van der Waals surface area contributed by atoms with Gasteiger partial charge in [0.15, 0.2) is 9.84 Å². The van der Waals surface area contributed by atoms with Crippen LogP contribution in [0.25, 0.3) is 5.57 Å². The first kappa shape index (κ1) is 25.3. The molecule has 1 aliphatic rings. The first-order valence-corrected chi connectivity index (χ1v) is 11.5. The van der Waals surface area contributed by atoms with Crippen LogP contribution in [0.4, 0.5) is 4.39 Å². The first-order valence-electron chi connectivity index (χ1n) is 9.56. The van der Waals surface area contributed by atoms with E-state index in [2.05, 4.69) is 20.8 Å². The van der Waals surface area contributed by atoms with Crippen molar-refractivity contribution in [3.8, 4) is 0 Å². The van der Waals surface area contributed by atoms with Crippen LogP contribution in [0.15, 0.2) is 58.0 Å². The molecule has 0 saturated heterocycles. The topological polar surface area (TPSA) is 34.1 Å². The highest BCUT2D eigenvalue weighted by molar-refractivity contribution is 7.90. The van der Waals surface area contributed by atoms with Crippen LogP contribution in [0, 0.1) is 0 Å². The molecule has 4 heteroatoms. The summed E-state index contributed by atoms with van der Waals surface area (Å²) in [5.41, 5.74) is 6.71. The maximum atomic E-state index is 11.5. The second kappa shape index (κ2) is 12.7. The van der Waals surface area contributed by atoms with Crippen molar-refractivity contribution in [1.82, 2.24) is 0 Å². The molecule has 0 aromatic heterocycles. The summed E-state index contributed by atoms with van der Waals surface area (Å²) in [4.78, 5) is 0.389. The van der Waals surface area contributed by atoms with Crippen molar-refractivity contribution < 1.29 is 12.8 Å². The quantitative estimate of drug-likeness (QED) is 0.518. The number of alkyl halides is 1. The molecule has 1 aliphatic carbocycles. The molecule has 0 aliphatic heterocycles. The Kier molecular flexibility index (Phi) is 11.9. The van der Waals surface area contributed by atoms with E-state index in [0.29, 0.717) is 4.90 Å². The average Bonchev–Trinajstić information content (AvgIpc) is 3.13. The van der Waals surface area contributed by atoms with Gasteiger partial charge in [-0.25, -0.2) is 12.8 Å². The molecule has 0 atom stereocenters. The minimum Gasteiger partial charge on any atom is -0.247 e. The second-order valence-corrected chi connectivity index (χ2v) is 8.47. The summed E-state index contributed by atoms with van der Waals surface area (Å²) >= 11 is 0. The lowest BCUT2D eigenvalue weighted by molar-refractivity contribution is 0.561. The summed E-state index contributed by atoms with van der Waals surface area (Å²) < 4.78 is 33.9. The fraction of sp³-hybridized carbons (Fsp3) is 0.478. The SMILES string of the molecule is C/C=C\CF.CC.CC(C)=C(C)C1=C(c2ccc(S(C)(=O)=O)cc2)CCC1. The molecule has 0 fully saturated rings. The third-order valence-electron chi connectivity index (χ3n) is 4.38. The van der Waals surface area contributed by atoms with E-state index in [1.54, 1.807) is 25.1 Å². The highest BCUT2D eigenvalue weighted by atomic mass is 32.2. The van der Waals surface area contributed by atoms with Gasteiger partial charge in [0.2, 0.25) is 0 Å². The Labute approximate surface area is 165 Å². The Morgan fingerprint density at radius 1 is 1.07 bits per heavy atom. The Hall–Kier alpha value is -1.68. The molecular weight excluding hydrogens is 359 g/mol. The molecule has 0 spiro atoms. The monoisotopic (exact) mass is 394 g/mol. The first-order chi connectivity index (χ1) is 12.7. The smallest absolute Gasteiger partial charge is 0.175 e. The Morgan fingerprint density at radius 2 is 1.63 bits per heavy atom. The Morgan fingerprint density at radius 3 is 2.00 bits per heavy atom. The minimum absolute atomic E-state index is 0.337. The van der Waals surface area contributed by atoms with Gasteiger partial charge in [-0.15, -0.1) is 0 Å². The van der Waals surface area contributed by atoms with E-state index >= 15 is 0 Å². The van der Waals surface area contributed by atoms with Crippen LogP contribution < -0.4 is 0 Å². The minimum atomic E-state index is -3.11. The zero-order valence-electron chi connectivity index (χ0n) is 17.9. The van der Waals surface area contributed by atoms with Gasteiger partial charge in [-0.3, -0.25) is 0 Å². The molecule has 27 heavy (non-hydrogen) atoms. The number of allylic oxidation sites excluding steroid dienone is 6. The molecule has 152 valence electrons. The summed E-state index contributed by atoms with van der Waals surface area (Å²) in [6, 6.07) is 7.31.